The maximum atomic E-state index is 9.51. The highest BCUT2D eigenvalue weighted by Gasteiger charge is 2.22. The maximum absolute atomic E-state index is 9.51. The quantitative estimate of drug-likeness (QED) is 0.430. The molecule has 1 atom stereocenters. The molecule has 0 spiro atoms. The van der Waals surface area contributed by atoms with Crippen molar-refractivity contribution in [2.45, 2.75) is 40.0 Å². The summed E-state index contributed by atoms with van der Waals surface area (Å²) in [6, 6.07) is 2.03. The van der Waals surface area contributed by atoms with Crippen molar-refractivity contribution in [1.82, 2.24) is 40.1 Å². The van der Waals surface area contributed by atoms with Gasteiger partial charge in [0.25, 0.3) is 0 Å². The van der Waals surface area contributed by atoms with Gasteiger partial charge in [-0.15, -0.1) is 0 Å². The van der Waals surface area contributed by atoms with Gasteiger partial charge in [-0.2, -0.15) is 15.3 Å². The molecule has 0 aliphatic carbocycles. The van der Waals surface area contributed by atoms with Crippen LogP contribution in [0.25, 0.3) is 34.3 Å². The first-order chi connectivity index (χ1) is 16.0. The summed E-state index contributed by atoms with van der Waals surface area (Å²) in [6.07, 6.45) is 5.73. The second-order valence-corrected chi connectivity index (χ2v) is 8.40. The molecule has 0 unspecified atom stereocenters. The molecule has 5 rings (SSSR count). The third-order valence-corrected chi connectivity index (χ3v) is 5.94. The van der Waals surface area contributed by atoms with Crippen LogP contribution in [-0.2, 0) is 20.1 Å². The van der Waals surface area contributed by atoms with Crippen molar-refractivity contribution in [3.8, 4) is 17.1 Å². The van der Waals surface area contributed by atoms with E-state index in [1.165, 1.54) is 0 Å². The van der Waals surface area contributed by atoms with E-state index < -0.39 is 0 Å². The van der Waals surface area contributed by atoms with Gasteiger partial charge < -0.3 is 15.2 Å². The summed E-state index contributed by atoms with van der Waals surface area (Å²) < 4.78 is 9.96. The Labute approximate surface area is 191 Å². The molecular weight excluding hydrogens is 420 g/mol. The topological polar surface area (TPSA) is 119 Å². The first kappa shape index (κ1) is 21.4. The smallest absolute Gasteiger partial charge is 0.221 e. The summed E-state index contributed by atoms with van der Waals surface area (Å²) in [7, 11) is 1.88. The molecule has 0 radical (unpaired) electrons. The van der Waals surface area contributed by atoms with E-state index in [0.29, 0.717) is 25.5 Å². The van der Waals surface area contributed by atoms with Crippen molar-refractivity contribution in [3.63, 3.8) is 0 Å². The van der Waals surface area contributed by atoms with E-state index in [9.17, 15) is 5.11 Å². The van der Waals surface area contributed by atoms with Gasteiger partial charge in [0, 0.05) is 31.1 Å². The number of aliphatic hydroxyl groups excluding tert-OH is 1. The van der Waals surface area contributed by atoms with E-state index >= 15 is 0 Å². The third-order valence-electron chi connectivity index (χ3n) is 5.94. The molecule has 33 heavy (non-hydrogen) atoms. The molecule has 1 aliphatic heterocycles. The molecule has 10 heteroatoms. The zero-order chi connectivity index (χ0) is 23.1. The van der Waals surface area contributed by atoms with Crippen molar-refractivity contribution in [3.05, 3.63) is 40.6 Å². The maximum Gasteiger partial charge on any atom is 0.221 e. The van der Waals surface area contributed by atoms with Gasteiger partial charge in [0.2, 0.25) is 5.88 Å². The zero-order valence-corrected chi connectivity index (χ0v) is 19.3. The van der Waals surface area contributed by atoms with Crippen LogP contribution in [-0.4, -0.2) is 59.1 Å². The van der Waals surface area contributed by atoms with E-state index in [-0.39, 0.29) is 12.7 Å². The number of nitrogens with zero attached hydrogens (tertiary/aromatic N) is 6. The summed E-state index contributed by atoms with van der Waals surface area (Å²) in [5, 5.41) is 30.7. The Hall–Kier alpha value is -3.50. The Morgan fingerprint density at radius 2 is 2.06 bits per heavy atom. The number of aromatic amines is 1. The predicted molar refractivity (Wildman–Crippen MR) is 126 cm³/mol. The largest absolute Gasteiger partial charge is 0.473 e. The highest BCUT2D eigenvalue weighted by Crippen LogP contribution is 2.34. The lowest BCUT2D eigenvalue weighted by Crippen LogP contribution is -2.30. The number of aryl methyl sites for hydroxylation is 3. The Morgan fingerprint density at radius 1 is 1.21 bits per heavy atom. The Kier molecular flexibility index (Phi) is 5.47. The van der Waals surface area contributed by atoms with Gasteiger partial charge in [-0.25, -0.2) is 4.68 Å². The standard InChI is InChI=1S/C23H28N8O2/c1-13-10-24-12-21-16(14(2)29-31(21)7-8-32)5-6-18-17-9-19(25-11-20(17)27-26-18)22-15(3)28-30(4)23(22)33-13/h5-6,9,11,13,24,32H,7-8,10,12H2,1-4H3,(H,26,27)/b6-5+/t13-/m0/s1. The van der Waals surface area contributed by atoms with E-state index in [0.717, 1.165) is 50.5 Å². The first-order valence-electron chi connectivity index (χ1n) is 11.1. The fourth-order valence-electron chi connectivity index (χ4n) is 4.38. The normalized spacial score (nSPS) is 17.3. The number of aliphatic hydroxyl groups is 1. The summed E-state index contributed by atoms with van der Waals surface area (Å²) >= 11 is 0. The summed E-state index contributed by atoms with van der Waals surface area (Å²) in [6.45, 7) is 7.66. The van der Waals surface area contributed by atoms with Gasteiger partial charge in [0.05, 0.1) is 58.9 Å². The second kappa shape index (κ2) is 8.45. The summed E-state index contributed by atoms with van der Waals surface area (Å²) in [5.74, 6) is 0.686. The zero-order valence-electron chi connectivity index (χ0n) is 19.3. The molecule has 4 aromatic rings. The molecule has 3 N–H and O–H groups in total. The number of aromatic nitrogens is 7. The monoisotopic (exact) mass is 448 g/mol. The van der Waals surface area contributed by atoms with Crippen LogP contribution in [0, 0.1) is 13.8 Å². The number of ether oxygens (including phenoxy) is 1. The predicted octanol–water partition coefficient (Wildman–Crippen LogP) is 2.20. The van der Waals surface area contributed by atoms with E-state index in [4.69, 9.17) is 4.74 Å². The van der Waals surface area contributed by atoms with Crippen LogP contribution < -0.4 is 10.1 Å². The van der Waals surface area contributed by atoms with Crippen LogP contribution in [0.15, 0.2) is 12.3 Å². The molecule has 4 aromatic heterocycles. The van der Waals surface area contributed by atoms with Crippen LogP contribution >= 0.6 is 0 Å². The number of fused-ring (bicyclic) bond motifs is 4. The number of nitrogens with one attached hydrogen (secondary N) is 2. The Morgan fingerprint density at radius 3 is 2.88 bits per heavy atom. The number of hydrogen-bond donors (Lipinski definition) is 3. The highest BCUT2D eigenvalue weighted by molar-refractivity contribution is 5.92. The van der Waals surface area contributed by atoms with Gasteiger partial charge in [0.15, 0.2) is 0 Å². The molecular formula is C23H28N8O2. The number of pyridine rings is 1. The minimum Gasteiger partial charge on any atom is -0.473 e. The van der Waals surface area contributed by atoms with Crippen LogP contribution in [0.1, 0.15) is 35.3 Å². The second-order valence-electron chi connectivity index (χ2n) is 8.40. The minimum absolute atomic E-state index is 0.0270. The van der Waals surface area contributed by atoms with Crippen molar-refractivity contribution >= 4 is 23.1 Å². The average Bonchev–Trinajstić information content (AvgIpc) is 3.40. The Bertz CT molecular complexity index is 1350. The molecule has 0 fully saturated rings. The third kappa shape index (κ3) is 3.81. The highest BCUT2D eigenvalue weighted by atomic mass is 16.5. The molecule has 0 saturated heterocycles. The van der Waals surface area contributed by atoms with Gasteiger partial charge in [-0.05, 0) is 39.0 Å². The fraction of sp³-hybridized carbons (Fsp3) is 0.391. The van der Waals surface area contributed by atoms with E-state index in [1.54, 1.807) is 10.9 Å². The fourth-order valence-corrected chi connectivity index (χ4v) is 4.38. The molecule has 0 aromatic carbocycles. The van der Waals surface area contributed by atoms with Crippen molar-refractivity contribution in [2.75, 3.05) is 13.2 Å². The number of H-pyrrole nitrogens is 1. The van der Waals surface area contributed by atoms with Crippen molar-refractivity contribution < 1.29 is 9.84 Å². The lowest BCUT2D eigenvalue weighted by Gasteiger charge is -2.17. The molecule has 2 bridgehead atoms. The SMILES string of the molecule is Cc1nn(CCO)c2c1/C=C/c1n[nH]c3cnc(cc13)-c1c(C)nn(C)c1O[C@@H](C)CNC2. The average molecular weight is 449 g/mol. The first-order valence-corrected chi connectivity index (χ1v) is 11.1. The molecule has 0 saturated carbocycles. The lowest BCUT2D eigenvalue weighted by molar-refractivity contribution is 0.199. The lowest BCUT2D eigenvalue weighted by atomic mass is 10.1. The van der Waals surface area contributed by atoms with Crippen molar-refractivity contribution in [2.24, 2.45) is 7.05 Å². The van der Waals surface area contributed by atoms with E-state index in [2.05, 4.69) is 30.7 Å². The van der Waals surface area contributed by atoms with Gasteiger partial charge in [-0.3, -0.25) is 14.8 Å². The molecule has 1 aliphatic rings. The molecule has 5 heterocycles. The van der Waals surface area contributed by atoms with Crippen molar-refractivity contribution in [1.29, 1.82) is 0 Å². The summed E-state index contributed by atoms with van der Waals surface area (Å²) in [4.78, 5) is 4.66. The molecule has 0 amide bonds. The van der Waals surface area contributed by atoms with Crippen LogP contribution in [0.3, 0.4) is 0 Å². The van der Waals surface area contributed by atoms with Crippen LogP contribution in [0.4, 0.5) is 0 Å². The van der Waals surface area contributed by atoms with E-state index in [1.807, 2.05) is 50.7 Å². The number of rotatable bonds is 2. The summed E-state index contributed by atoms with van der Waals surface area (Å²) in [5.41, 5.74) is 7.14. The minimum atomic E-state index is -0.105. The van der Waals surface area contributed by atoms with Crippen LogP contribution in [0.5, 0.6) is 5.88 Å². The van der Waals surface area contributed by atoms with Crippen LogP contribution in [0.2, 0.25) is 0 Å². The van der Waals surface area contributed by atoms with Gasteiger partial charge in [0.1, 0.15) is 6.10 Å². The Balaban J connectivity index is 1.68. The van der Waals surface area contributed by atoms with Gasteiger partial charge in [-0.1, -0.05) is 0 Å². The number of hydrogen-bond acceptors (Lipinski definition) is 7. The van der Waals surface area contributed by atoms with Gasteiger partial charge >= 0.3 is 0 Å². The molecule has 10 nitrogen and oxygen atoms in total. The molecule has 172 valence electrons.